The second-order valence-corrected chi connectivity index (χ2v) is 4.12. The third-order valence-electron chi connectivity index (χ3n) is 2.42. The van der Waals surface area contributed by atoms with Crippen LogP contribution in [0.15, 0.2) is 30.9 Å². The Bertz CT molecular complexity index is 552. The van der Waals surface area contributed by atoms with Gasteiger partial charge in [-0.2, -0.15) is 0 Å². The number of anilines is 2. The summed E-state index contributed by atoms with van der Waals surface area (Å²) in [6.45, 7) is 4.84. The lowest BCUT2D eigenvalue weighted by Gasteiger charge is -2.10. The Balaban J connectivity index is 2.95. The van der Waals surface area contributed by atoms with E-state index < -0.39 is 5.97 Å². The number of hydrogen-bond donors (Lipinski definition) is 3. The zero-order valence-electron chi connectivity index (χ0n) is 11.1. The quantitative estimate of drug-likeness (QED) is 0.694. The Hall–Kier alpha value is -2.63. The first-order chi connectivity index (χ1) is 9.43. The van der Waals surface area contributed by atoms with Crippen molar-refractivity contribution in [3.05, 3.63) is 36.4 Å². The first kappa shape index (κ1) is 15.4. The van der Waals surface area contributed by atoms with E-state index in [1.807, 2.05) is 0 Å². The highest BCUT2D eigenvalue weighted by Gasteiger charge is 2.13. The molecule has 1 rings (SSSR count). The standard InChI is InChI=1S/C14H16N2O4/c1-3-4-5-13(18)16-12-7-6-10(15-9(2)17)8-11(12)14(19)20/h3,6-8H,1,4-5H2,2H3,(H,15,17)(H,16,18)(H,19,20). The molecule has 0 radical (unpaired) electrons. The number of aromatic carboxylic acids is 1. The summed E-state index contributed by atoms with van der Waals surface area (Å²) in [6.07, 6.45) is 2.35. The summed E-state index contributed by atoms with van der Waals surface area (Å²) in [6, 6.07) is 4.27. The number of carbonyl (C=O) groups excluding carboxylic acids is 2. The number of benzene rings is 1. The monoisotopic (exact) mass is 276 g/mol. The molecule has 0 atom stereocenters. The lowest BCUT2D eigenvalue weighted by atomic mass is 10.1. The Morgan fingerprint density at radius 1 is 1.30 bits per heavy atom. The van der Waals surface area contributed by atoms with Gasteiger partial charge in [-0.25, -0.2) is 4.79 Å². The highest BCUT2D eigenvalue weighted by molar-refractivity contribution is 6.02. The van der Waals surface area contributed by atoms with Crippen LogP contribution in [0.4, 0.5) is 11.4 Å². The van der Waals surface area contributed by atoms with Crippen molar-refractivity contribution in [3.8, 4) is 0 Å². The third kappa shape index (κ3) is 4.56. The molecule has 1 aromatic carbocycles. The van der Waals surface area contributed by atoms with Gasteiger partial charge in [0.15, 0.2) is 0 Å². The number of carboxylic acid groups (broad SMARTS) is 1. The molecule has 2 amide bonds. The minimum atomic E-state index is -1.18. The molecule has 0 aromatic heterocycles. The molecule has 0 saturated carbocycles. The number of allylic oxidation sites excluding steroid dienone is 1. The lowest BCUT2D eigenvalue weighted by Crippen LogP contribution is -2.15. The van der Waals surface area contributed by atoms with E-state index in [9.17, 15) is 14.4 Å². The van der Waals surface area contributed by atoms with E-state index in [0.717, 1.165) is 0 Å². The molecule has 0 aliphatic heterocycles. The van der Waals surface area contributed by atoms with Gasteiger partial charge in [0.1, 0.15) is 0 Å². The molecule has 20 heavy (non-hydrogen) atoms. The molecule has 0 fully saturated rings. The van der Waals surface area contributed by atoms with Crippen LogP contribution in [0, 0.1) is 0 Å². The van der Waals surface area contributed by atoms with Crippen LogP contribution < -0.4 is 10.6 Å². The van der Waals surface area contributed by atoms with Gasteiger partial charge < -0.3 is 15.7 Å². The maximum Gasteiger partial charge on any atom is 0.337 e. The van der Waals surface area contributed by atoms with Crippen molar-refractivity contribution in [2.45, 2.75) is 19.8 Å². The Labute approximate surface area is 116 Å². The highest BCUT2D eigenvalue weighted by atomic mass is 16.4. The largest absolute Gasteiger partial charge is 0.478 e. The van der Waals surface area contributed by atoms with Crippen molar-refractivity contribution in [3.63, 3.8) is 0 Å². The SMILES string of the molecule is C=CCCC(=O)Nc1ccc(NC(C)=O)cc1C(=O)O. The normalized spacial score (nSPS) is 9.65. The maximum absolute atomic E-state index is 11.6. The third-order valence-corrected chi connectivity index (χ3v) is 2.42. The molecule has 3 N–H and O–H groups in total. The lowest BCUT2D eigenvalue weighted by molar-refractivity contribution is -0.116. The predicted octanol–water partition coefficient (Wildman–Crippen LogP) is 2.25. The fourth-order valence-corrected chi connectivity index (χ4v) is 1.56. The maximum atomic E-state index is 11.6. The van der Waals surface area contributed by atoms with Crippen LogP contribution in [0.1, 0.15) is 30.1 Å². The molecule has 0 saturated heterocycles. The van der Waals surface area contributed by atoms with E-state index >= 15 is 0 Å². The van der Waals surface area contributed by atoms with Gasteiger partial charge >= 0.3 is 5.97 Å². The zero-order chi connectivity index (χ0) is 15.1. The predicted molar refractivity (Wildman–Crippen MR) is 75.8 cm³/mol. The van der Waals surface area contributed by atoms with Gasteiger partial charge in [-0.05, 0) is 24.6 Å². The number of hydrogen-bond acceptors (Lipinski definition) is 3. The summed E-state index contributed by atoms with van der Waals surface area (Å²) in [5.41, 5.74) is 0.475. The van der Waals surface area contributed by atoms with Gasteiger partial charge in [-0.3, -0.25) is 9.59 Å². The molecule has 0 heterocycles. The van der Waals surface area contributed by atoms with E-state index in [2.05, 4.69) is 17.2 Å². The number of rotatable bonds is 6. The molecule has 6 nitrogen and oxygen atoms in total. The molecular formula is C14H16N2O4. The van der Waals surface area contributed by atoms with Gasteiger partial charge in [0, 0.05) is 19.0 Å². The van der Waals surface area contributed by atoms with Crippen molar-refractivity contribution in [2.75, 3.05) is 10.6 Å². The van der Waals surface area contributed by atoms with E-state index in [-0.39, 0.29) is 29.5 Å². The van der Waals surface area contributed by atoms with Crippen molar-refractivity contribution >= 4 is 29.2 Å². The summed E-state index contributed by atoms with van der Waals surface area (Å²) < 4.78 is 0. The second kappa shape index (κ2) is 7.08. The Morgan fingerprint density at radius 2 is 2.00 bits per heavy atom. The minimum Gasteiger partial charge on any atom is -0.478 e. The van der Waals surface area contributed by atoms with Gasteiger partial charge in [0.05, 0.1) is 11.3 Å². The number of carbonyl (C=O) groups is 3. The van der Waals surface area contributed by atoms with Crippen LogP contribution in [0.3, 0.4) is 0 Å². The number of amides is 2. The van der Waals surface area contributed by atoms with Crippen molar-refractivity contribution < 1.29 is 19.5 Å². The Morgan fingerprint density at radius 3 is 2.55 bits per heavy atom. The van der Waals surface area contributed by atoms with Crippen LogP contribution in [0.5, 0.6) is 0 Å². The molecule has 0 bridgehead atoms. The van der Waals surface area contributed by atoms with Crippen LogP contribution in [-0.4, -0.2) is 22.9 Å². The minimum absolute atomic E-state index is 0.0804. The van der Waals surface area contributed by atoms with Crippen LogP contribution in [0.2, 0.25) is 0 Å². The van der Waals surface area contributed by atoms with Gasteiger partial charge in [0.2, 0.25) is 11.8 Å². The first-order valence-corrected chi connectivity index (χ1v) is 5.99. The fraction of sp³-hybridized carbons (Fsp3) is 0.214. The summed E-state index contributed by atoms with van der Waals surface area (Å²) in [5, 5.41) is 14.1. The van der Waals surface area contributed by atoms with Gasteiger partial charge in [-0.1, -0.05) is 6.08 Å². The molecule has 6 heteroatoms. The van der Waals surface area contributed by atoms with Gasteiger partial charge in [0.25, 0.3) is 0 Å². The number of nitrogens with one attached hydrogen (secondary N) is 2. The molecular weight excluding hydrogens is 260 g/mol. The molecule has 0 aliphatic carbocycles. The zero-order valence-corrected chi connectivity index (χ0v) is 11.1. The Kier molecular flexibility index (Phi) is 5.46. The van der Waals surface area contributed by atoms with E-state index in [1.54, 1.807) is 6.08 Å². The average Bonchev–Trinajstić information content (AvgIpc) is 2.37. The second-order valence-electron chi connectivity index (χ2n) is 4.12. The van der Waals surface area contributed by atoms with E-state index in [0.29, 0.717) is 12.1 Å². The van der Waals surface area contributed by atoms with Gasteiger partial charge in [-0.15, -0.1) is 6.58 Å². The van der Waals surface area contributed by atoms with Crippen LogP contribution in [-0.2, 0) is 9.59 Å². The first-order valence-electron chi connectivity index (χ1n) is 5.99. The molecule has 106 valence electrons. The van der Waals surface area contributed by atoms with Crippen LogP contribution in [0.25, 0.3) is 0 Å². The molecule has 0 unspecified atom stereocenters. The summed E-state index contributed by atoms with van der Waals surface area (Å²) in [5.74, 6) is -1.78. The molecule has 0 aliphatic rings. The molecule has 1 aromatic rings. The van der Waals surface area contributed by atoms with E-state index in [1.165, 1.54) is 25.1 Å². The fourth-order valence-electron chi connectivity index (χ4n) is 1.56. The van der Waals surface area contributed by atoms with Crippen molar-refractivity contribution in [2.24, 2.45) is 0 Å². The number of carboxylic acids is 1. The van der Waals surface area contributed by atoms with Crippen molar-refractivity contribution in [1.29, 1.82) is 0 Å². The topological polar surface area (TPSA) is 95.5 Å². The van der Waals surface area contributed by atoms with Crippen molar-refractivity contribution in [1.82, 2.24) is 0 Å². The average molecular weight is 276 g/mol. The van der Waals surface area contributed by atoms with Crippen LogP contribution >= 0.6 is 0 Å². The molecule has 0 spiro atoms. The summed E-state index contributed by atoms with van der Waals surface area (Å²) in [4.78, 5) is 33.7. The van der Waals surface area contributed by atoms with E-state index in [4.69, 9.17) is 5.11 Å². The summed E-state index contributed by atoms with van der Waals surface area (Å²) in [7, 11) is 0. The summed E-state index contributed by atoms with van der Waals surface area (Å²) >= 11 is 0. The highest BCUT2D eigenvalue weighted by Crippen LogP contribution is 2.21. The smallest absolute Gasteiger partial charge is 0.337 e.